The van der Waals surface area contributed by atoms with Crippen molar-refractivity contribution in [3.8, 4) is 17.0 Å². The minimum absolute atomic E-state index is 0.0483. The van der Waals surface area contributed by atoms with Crippen LogP contribution in [0.2, 0.25) is 0 Å². The average molecular weight is 364 g/mol. The van der Waals surface area contributed by atoms with E-state index in [1.807, 2.05) is 24.3 Å². The number of hydrogen-bond donors (Lipinski definition) is 1. The van der Waals surface area contributed by atoms with Crippen LogP contribution in [-0.2, 0) is 16.8 Å². The summed E-state index contributed by atoms with van der Waals surface area (Å²) in [6.07, 6.45) is 3.24. The number of carbonyl (C=O) groups excluding carboxylic acids is 1. The second-order valence-corrected chi connectivity index (χ2v) is 8.17. The van der Waals surface area contributed by atoms with E-state index in [1.165, 1.54) is 4.90 Å². The number of benzene rings is 1. The van der Waals surface area contributed by atoms with Crippen LogP contribution in [0, 0.1) is 5.41 Å². The highest BCUT2D eigenvalue weighted by atomic mass is 16.5. The minimum Gasteiger partial charge on any atom is -0.497 e. The Morgan fingerprint density at radius 1 is 1.22 bits per heavy atom. The second-order valence-electron chi connectivity index (χ2n) is 8.17. The number of amides is 1. The highest BCUT2D eigenvalue weighted by Crippen LogP contribution is 2.50. The van der Waals surface area contributed by atoms with E-state index in [0.717, 1.165) is 34.6 Å². The Hall–Kier alpha value is -2.89. The summed E-state index contributed by atoms with van der Waals surface area (Å²) in [4.78, 5) is 23.8. The Morgan fingerprint density at radius 3 is 2.67 bits per heavy atom. The summed E-state index contributed by atoms with van der Waals surface area (Å²) in [5.41, 5.74) is 8.83. The summed E-state index contributed by atoms with van der Waals surface area (Å²) in [7, 11) is 3.32. The molecule has 1 aromatic heterocycles. The molecule has 1 aromatic carbocycles. The van der Waals surface area contributed by atoms with Crippen molar-refractivity contribution in [2.75, 3.05) is 14.2 Å². The number of ether oxygens (including phenoxy) is 1. The Morgan fingerprint density at radius 2 is 2.00 bits per heavy atom. The second kappa shape index (κ2) is 5.81. The first kappa shape index (κ1) is 17.5. The third-order valence-corrected chi connectivity index (χ3v) is 5.53. The molecule has 4 rings (SSSR count). The normalized spacial score (nSPS) is 23.3. The first-order chi connectivity index (χ1) is 12.8. The fourth-order valence-corrected chi connectivity index (χ4v) is 4.33. The monoisotopic (exact) mass is 364 g/mol. The Labute approximate surface area is 159 Å². The molecule has 0 saturated heterocycles. The van der Waals surface area contributed by atoms with Crippen LogP contribution in [0.25, 0.3) is 11.3 Å². The molecule has 2 heterocycles. The number of likely N-dealkylation sites (N-methyl/N-ethyl adjacent to an activating group) is 1. The lowest BCUT2D eigenvalue weighted by atomic mass is 9.65. The number of aromatic nitrogens is 1. The van der Waals surface area contributed by atoms with Gasteiger partial charge < -0.3 is 10.5 Å². The molecule has 6 nitrogen and oxygen atoms in total. The van der Waals surface area contributed by atoms with Crippen molar-refractivity contribution >= 4 is 11.9 Å². The lowest BCUT2D eigenvalue weighted by Gasteiger charge is -2.41. The fourth-order valence-electron chi connectivity index (χ4n) is 4.33. The van der Waals surface area contributed by atoms with Crippen molar-refractivity contribution in [1.29, 1.82) is 0 Å². The highest BCUT2D eigenvalue weighted by molar-refractivity contribution is 6.07. The number of pyridine rings is 1. The number of fused-ring (bicyclic) bond motifs is 2. The van der Waals surface area contributed by atoms with Gasteiger partial charge in [0.2, 0.25) is 0 Å². The van der Waals surface area contributed by atoms with Gasteiger partial charge in [-0.25, -0.2) is 4.99 Å². The van der Waals surface area contributed by atoms with E-state index in [1.54, 1.807) is 20.4 Å². The molecule has 1 spiro atoms. The molecule has 2 aromatic rings. The highest BCUT2D eigenvalue weighted by Gasteiger charge is 2.54. The molecular weight excluding hydrogens is 340 g/mol. The maximum absolute atomic E-state index is 13.2. The van der Waals surface area contributed by atoms with E-state index in [2.05, 4.69) is 29.9 Å². The molecule has 6 heteroatoms. The topological polar surface area (TPSA) is 80.8 Å². The number of aliphatic imine (C=N–C) groups is 1. The number of guanidine groups is 1. The molecule has 0 radical (unpaired) electrons. The van der Waals surface area contributed by atoms with E-state index >= 15 is 0 Å². The zero-order valence-corrected chi connectivity index (χ0v) is 16.1. The van der Waals surface area contributed by atoms with Crippen LogP contribution < -0.4 is 10.5 Å². The molecule has 1 aliphatic carbocycles. The number of carbonyl (C=O) groups is 1. The van der Waals surface area contributed by atoms with E-state index < -0.39 is 5.54 Å². The van der Waals surface area contributed by atoms with E-state index in [0.29, 0.717) is 6.42 Å². The average Bonchev–Trinajstić information content (AvgIpc) is 2.85. The largest absolute Gasteiger partial charge is 0.497 e. The van der Waals surface area contributed by atoms with Gasteiger partial charge in [-0.3, -0.25) is 14.7 Å². The Balaban J connectivity index is 1.90. The van der Waals surface area contributed by atoms with Gasteiger partial charge in [0.25, 0.3) is 5.91 Å². The van der Waals surface area contributed by atoms with Crippen LogP contribution in [0.15, 0.2) is 41.5 Å². The van der Waals surface area contributed by atoms with Crippen molar-refractivity contribution in [1.82, 2.24) is 9.88 Å². The lowest BCUT2D eigenvalue weighted by Crippen LogP contribution is -2.46. The maximum Gasteiger partial charge on any atom is 0.261 e. The van der Waals surface area contributed by atoms with Crippen LogP contribution in [0.1, 0.15) is 31.4 Å². The summed E-state index contributed by atoms with van der Waals surface area (Å²) >= 11 is 0. The van der Waals surface area contributed by atoms with Gasteiger partial charge in [0.15, 0.2) is 11.5 Å². The summed E-state index contributed by atoms with van der Waals surface area (Å²) in [5.74, 6) is 0.950. The van der Waals surface area contributed by atoms with E-state index in [9.17, 15) is 4.79 Å². The number of rotatable bonds is 2. The van der Waals surface area contributed by atoms with Gasteiger partial charge in [-0.1, -0.05) is 26.0 Å². The molecule has 2 aliphatic rings. The van der Waals surface area contributed by atoms with Crippen molar-refractivity contribution in [3.05, 3.63) is 47.7 Å². The summed E-state index contributed by atoms with van der Waals surface area (Å²) in [6.45, 7) is 4.35. The Bertz CT molecular complexity index is 966. The predicted molar refractivity (Wildman–Crippen MR) is 104 cm³/mol. The van der Waals surface area contributed by atoms with Crippen LogP contribution >= 0.6 is 0 Å². The minimum atomic E-state index is -0.954. The molecule has 140 valence electrons. The molecule has 1 atom stereocenters. The van der Waals surface area contributed by atoms with Crippen LogP contribution in [-0.4, -0.2) is 35.9 Å². The van der Waals surface area contributed by atoms with Gasteiger partial charge >= 0.3 is 0 Å². The number of nitrogens with zero attached hydrogens (tertiary/aromatic N) is 3. The summed E-state index contributed by atoms with van der Waals surface area (Å²) in [5, 5.41) is 0. The molecule has 27 heavy (non-hydrogen) atoms. The van der Waals surface area contributed by atoms with E-state index in [-0.39, 0.29) is 17.3 Å². The molecule has 2 N–H and O–H groups in total. The predicted octanol–water partition coefficient (Wildman–Crippen LogP) is 2.71. The molecule has 1 unspecified atom stereocenters. The van der Waals surface area contributed by atoms with Crippen molar-refractivity contribution in [2.45, 2.75) is 32.2 Å². The quantitative estimate of drug-likeness (QED) is 0.888. The number of nitrogens with two attached hydrogens (primary N) is 1. The molecule has 0 bridgehead atoms. The third kappa shape index (κ3) is 2.67. The van der Waals surface area contributed by atoms with Crippen molar-refractivity contribution in [2.24, 2.45) is 16.1 Å². The van der Waals surface area contributed by atoms with Gasteiger partial charge in [0, 0.05) is 24.9 Å². The molecule has 1 aliphatic heterocycles. The van der Waals surface area contributed by atoms with Gasteiger partial charge in [-0.2, -0.15) is 0 Å². The smallest absolute Gasteiger partial charge is 0.261 e. The molecular formula is C21H24N4O2. The first-order valence-corrected chi connectivity index (χ1v) is 9.03. The third-order valence-electron chi connectivity index (χ3n) is 5.53. The molecule has 0 saturated carbocycles. The van der Waals surface area contributed by atoms with Gasteiger partial charge in [-0.05, 0) is 41.5 Å². The Kier molecular flexibility index (Phi) is 3.77. The fraction of sp³-hybridized carbons (Fsp3) is 0.381. The summed E-state index contributed by atoms with van der Waals surface area (Å²) < 4.78 is 5.32. The van der Waals surface area contributed by atoms with Crippen LogP contribution in [0.3, 0.4) is 0 Å². The SMILES string of the molecule is COc1ccnc(-c2ccc3c(c2)C2(CC(C)(C)C3)N=C(N)N(C)C2=O)c1. The van der Waals surface area contributed by atoms with Crippen LogP contribution in [0.4, 0.5) is 0 Å². The van der Waals surface area contributed by atoms with Crippen molar-refractivity contribution < 1.29 is 9.53 Å². The van der Waals surface area contributed by atoms with Crippen LogP contribution in [0.5, 0.6) is 5.75 Å². The first-order valence-electron chi connectivity index (χ1n) is 9.03. The van der Waals surface area contributed by atoms with Gasteiger partial charge in [0.1, 0.15) is 5.75 Å². The lowest BCUT2D eigenvalue weighted by molar-refractivity contribution is -0.132. The molecule has 1 amide bonds. The molecule has 0 fully saturated rings. The standard InChI is InChI=1S/C21H24N4O2/c1-20(2)11-14-6-5-13(17-10-15(27-4)7-8-23-17)9-16(14)21(12-20)18(26)25(3)19(22)24-21/h5-10H,11-12H2,1-4H3,(H2,22,24). The number of methoxy groups -OCH3 is 1. The van der Waals surface area contributed by atoms with Gasteiger partial charge in [0.05, 0.1) is 12.8 Å². The van der Waals surface area contributed by atoms with Gasteiger partial charge in [-0.15, -0.1) is 0 Å². The van der Waals surface area contributed by atoms with E-state index in [4.69, 9.17) is 10.5 Å². The van der Waals surface area contributed by atoms with Crippen molar-refractivity contribution in [3.63, 3.8) is 0 Å². The number of hydrogen-bond acceptors (Lipinski definition) is 5. The maximum atomic E-state index is 13.2. The summed E-state index contributed by atoms with van der Waals surface area (Å²) in [6, 6.07) is 9.88. The zero-order chi connectivity index (χ0) is 19.4. The zero-order valence-electron chi connectivity index (χ0n) is 16.1.